The molecule has 2 aromatic heterocycles. The third-order valence-corrected chi connectivity index (χ3v) is 3.23. The zero-order chi connectivity index (χ0) is 11.4. The minimum absolute atomic E-state index is 0.891. The lowest BCUT2D eigenvalue weighted by Gasteiger charge is -1.91. The van der Waals surface area contributed by atoms with Crippen LogP contribution in [0.5, 0.6) is 0 Å². The normalized spacial score (nSPS) is 12.5. The molecule has 0 aliphatic carbocycles. The fraction of sp³-hybridized carbons (Fsp3) is 0.182. The van der Waals surface area contributed by atoms with Crippen molar-refractivity contribution < 1.29 is 0 Å². The van der Waals surface area contributed by atoms with Crippen molar-refractivity contribution >= 4 is 17.6 Å². The number of aromatic nitrogens is 2. The third kappa shape index (κ3) is 2.43. The summed E-state index contributed by atoms with van der Waals surface area (Å²) < 4.78 is 2.01. The van der Waals surface area contributed by atoms with E-state index in [9.17, 15) is 0 Å². The lowest BCUT2D eigenvalue weighted by atomic mass is 10.3. The van der Waals surface area contributed by atoms with E-state index in [-0.39, 0.29) is 0 Å². The van der Waals surface area contributed by atoms with E-state index in [0.29, 0.717) is 0 Å². The maximum atomic E-state index is 4.15. The maximum Gasteiger partial charge on any atom is 0.210 e. The van der Waals surface area contributed by atoms with Crippen LogP contribution in [0.15, 0.2) is 40.1 Å². The lowest BCUT2D eigenvalue weighted by molar-refractivity contribution is 0.820. The topological polar surface area (TPSA) is 42.5 Å². The second-order valence-electron chi connectivity index (χ2n) is 3.34. The van der Waals surface area contributed by atoms with Crippen LogP contribution in [-0.2, 0) is 7.05 Å². The Hall–Kier alpha value is -1.75. The summed E-state index contributed by atoms with van der Waals surface area (Å²) in [4.78, 5) is 4.83. The summed E-state index contributed by atoms with van der Waals surface area (Å²) in [6, 6.07) is 3.78. The molecule has 2 aromatic rings. The fourth-order valence-electron chi connectivity index (χ4n) is 1.13. The van der Waals surface area contributed by atoms with Gasteiger partial charge in [0, 0.05) is 30.5 Å². The minimum Gasteiger partial charge on any atom is -0.323 e. The van der Waals surface area contributed by atoms with E-state index in [1.807, 2.05) is 30.7 Å². The number of hydrogen-bond acceptors (Lipinski definition) is 4. The first-order valence-corrected chi connectivity index (χ1v) is 5.73. The highest BCUT2D eigenvalue weighted by molar-refractivity contribution is 7.07. The predicted octanol–water partition coefficient (Wildman–Crippen LogP) is 1.72. The third-order valence-electron chi connectivity index (χ3n) is 2.21. The summed E-state index contributed by atoms with van der Waals surface area (Å²) in [6.45, 7) is 2.04. The molecule has 0 aliphatic heterocycles. The molecule has 0 saturated carbocycles. The van der Waals surface area contributed by atoms with E-state index < -0.39 is 0 Å². The van der Waals surface area contributed by atoms with Crippen molar-refractivity contribution in [3.63, 3.8) is 0 Å². The van der Waals surface area contributed by atoms with Crippen LogP contribution in [0.3, 0.4) is 0 Å². The first kappa shape index (κ1) is 10.8. The first-order chi connectivity index (χ1) is 7.77. The molecule has 0 amide bonds. The molecule has 2 rings (SSSR count). The molecular formula is C11H12N4S. The van der Waals surface area contributed by atoms with Crippen molar-refractivity contribution in [1.82, 2.24) is 9.55 Å². The Kier molecular flexibility index (Phi) is 3.26. The molecule has 0 spiro atoms. The molecule has 0 N–H and O–H groups in total. The van der Waals surface area contributed by atoms with Gasteiger partial charge in [-0.3, -0.25) is 4.98 Å². The highest BCUT2D eigenvalue weighted by atomic mass is 32.1. The van der Waals surface area contributed by atoms with Crippen LogP contribution in [0, 0.1) is 6.92 Å². The van der Waals surface area contributed by atoms with Gasteiger partial charge in [0.2, 0.25) is 4.80 Å². The monoisotopic (exact) mass is 232 g/mol. The molecule has 2 heterocycles. The predicted molar refractivity (Wildman–Crippen MR) is 65.4 cm³/mol. The standard InChI is InChI=1S/C11H12N4S/c1-9-8-16-11(15(9)2)14-13-7-10-3-5-12-6-4-10/h3-8H,1-2H3/b13-7+,14-11-. The van der Waals surface area contributed by atoms with E-state index in [2.05, 4.69) is 20.6 Å². The van der Waals surface area contributed by atoms with Crippen molar-refractivity contribution in [2.24, 2.45) is 17.3 Å². The second-order valence-corrected chi connectivity index (χ2v) is 4.18. The number of pyridine rings is 1. The molecule has 0 atom stereocenters. The second kappa shape index (κ2) is 4.85. The van der Waals surface area contributed by atoms with Crippen molar-refractivity contribution in [1.29, 1.82) is 0 Å². The number of thiazole rings is 1. The summed E-state index contributed by atoms with van der Waals surface area (Å²) >= 11 is 1.58. The molecule has 0 unspecified atom stereocenters. The smallest absolute Gasteiger partial charge is 0.210 e. The van der Waals surface area contributed by atoms with Crippen LogP contribution < -0.4 is 4.80 Å². The Bertz CT molecular complexity index is 551. The highest BCUT2D eigenvalue weighted by Gasteiger charge is 1.93. The molecular weight excluding hydrogens is 220 g/mol. The average molecular weight is 232 g/mol. The summed E-state index contributed by atoms with van der Waals surface area (Å²) in [5.41, 5.74) is 2.18. The van der Waals surface area contributed by atoms with Crippen LogP contribution in [-0.4, -0.2) is 15.8 Å². The Labute approximate surface area is 97.6 Å². The Morgan fingerprint density at radius 2 is 2.12 bits per heavy atom. The summed E-state index contributed by atoms with van der Waals surface area (Å²) in [5, 5.41) is 10.3. The van der Waals surface area contributed by atoms with Gasteiger partial charge in [-0.05, 0) is 24.6 Å². The van der Waals surface area contributed by atoms with E-state index in [0.717, 1.165) is 10.4 Å². The fourth-order valence-corrected chi connectivity index (χ4v) is 1.96. The van der Waals surface area contributed by atoms with Gasteiger partial charge >= 0.3 is 0 Å². The van der Waals surface area contributed by atoms with Gasteiger partial charge in [-0.1, -0.05) is 0 Å². The number of rotatable bonds is 2. The largest absolute Gasteiger partial charge is 0.323 e. The molecule has 0 bridgehead atoms. The summed E-state index contributed by atoms with van der Waals surface area (Å²) in [7, 11) is 1.98. The zero-order valence-electron chi connectivity index (χ0n) is 9.16. The molecule has 4 nitrogen and oxygen atoms in total. The van der Waals surface area contributed by atoms with Gasteiger partial charge in [0.1, 0.15) is 0 Å². The van der Waals surface area contributed by atoms with Crippen molar-refractivity contribution in [2.75, 3.05) is 0 Å². The van der Waals surface area contributed by atoms with Gasteiger partial charge < -0.3 is 4.57 Å². The van der Waals surface area contributed by atoms with E-state index in [4.69, 9.17) is 0 Å². The van der Waals surface area contributed by atoms with Crippen molar-refractivity contribution in [3.8, 4) is 0 Å². The minimum atomic E-state index is 0.891. The first-order valence-electron chi connectivity index (χ1n) is 4.85. The quantitative estimate of drug-likeness (QED) is 0.574. The van der Waals surface area contributed by atoms with Crippen LogP contribution in [0.2, 0.25) is 0 Å². The van der Waals surface area contributed by atoms with Crippen LogP contribution in [0.25, 0.3) is 0 Å². The Balaban J connectivity index is 2.21. The van der Waals surface area contributed by atoms with Crippen molar-refractivity contribution in [2.45, 2.75) is 6.92 Å². The Morgan fingerprint density at radius 1 is 1.38 bits per heavy atom. The van der Waals surface area contributed by atoms with Gasteiger partial charge in [0.25, 0.3) is 0 Å². The van der Waals surface area contributed by atoms with Crippen molar-refractivity contribution in [3.05, 3.63) is 46.0 Å². The Morgan fingerprint density at radius 3 is 2.75 bits per heavy atom. The van der Waals surface area contributed by atoms with Gasteiger partial charge in [0.15, 0.2) is 0 Å². The molecule has 82 valence electrons. The SMILES string of the molecule is Cc1cs/c(=N\N=C\c2ccncc2)n1C. The average Bonchev–Trinajstić information content (AvgIpc) is 2.62. The molecule has 5 heteroatoms. The molecule has 0 aliphatic rings. The molecule has 0 aromatic carbocycles. The van der Waals surface area contributed by atoms with E-state index >= 15 is 0 Å². The van der Waals surface area contributed by atoms with Crippen LogP contribution in [0.4, 0.5) is 0 Å². The van der Waals surface area contributed by atoms with Crippen LogP contribution >= 0.6 is 11.3 Å². The summed E-state index contributed by atoms with van der Waals surface area (Å²) in [6.07, 6.45) is 5.18. The molecule has 0 radical (unpaired) electrons. The van der Waals surface area contributed by atoms with E-state index in [1.54, 1.807) is 29.9 Å². The number of hydrogen-bond donors (Lipinski definition) is 0. The van der Waals surface area contributed by atoms with Gasteiger partial charge in [-0.15, -0.1) is 16.4 Å². The van der Waals surface area contributed by atoms with Crippen LogP contribution in [0.1, 0.15) is 11.3 Å². The zero-order valence-corrected chi connectivity index (χ0v) is 9.98. The maximum absolute atomic E-state index is 4.15. The molecule has 0 fully saturated rings. The summed E-state index contributed by atoms with van der Waals surface area (Å²) in [5.74, 6) is 0. The van der Waals surface area contributed by atoms with Gasteiger partial charge in [-0.2, -0.15) is 5.10 Å². The highest BCUT2D eigenvalue weighted by Crippen LogP contribution is 1.96. The van der Waals surface area contributed by atoms with Gasteiger partial charge in [0.05, 0.1) is 6.21 Å². The molecule has 0 saturated heterocycles. The van der Waals surface area contributed by atoms with Gasteiger partial charge in [-0.25, -0.2) is 0 Å². The number of aryl methyl sites for hydroxylation is 1. The number of nitrogens with zero attached hydrogens (tertiary/aromatic N) is 4. The lowest BCUT2D eigenvalue weighted by Crippen LogP contribution is -2.10. The van der Waals surface area contributed by atoms with E-state index in [1.165, 1.54) is 5.69 Å². The molecule has 16 heavy (non-hydrogen) atoms.